The predicted molar refractivity (Wildman–Crippen MR) is 157 cm³/mol. The second-order valence-corrected chi connectivity index (χ2v) is 9.99. The number of likely N-dealkylation sites (tertiary alicyclic amines) is 1. The fourth-order valence-corrected chi connectivity index (χ4v) is 5.18. The summed E-state index contributed by atoms with van der Waals surface area (Å²) in [5, 5.41) is 2.66. The quantitative estimate of drug-likeness (QED) is 0.277. The van der Waals surface area contributed by atoms with Gasteiger partial charge in [0, 0.05) is 30.9 Å². The van der Waals surface area contributed by atoms with Crippen molar-refractivity contribution in [2.75, 3.05) is 31.2 Å². The molecular formula is C31H28FN7O3. The molecule has 212 valence electrons. The minimum Gasteiger partial charge on any atom is -0.469 e. The van der Waals surface area contributed by atoms with Crippen molar-refractivity contribution in [3.63, 3.8) is 0 Å². The van der Waals surface area contributed by atoms with Gasteiger partial charge in [-0.25, -0.2) is 24.1 Å². The maximum atomic E-state index is 15.6. The van der Waals surface area contributed by atoms with E-state index in [2.05, 4.69) is 10.3 Å². The highest BCUT2D eigenvalue weighted by atomic mass is 19.1. The SMILES string of the molecule is COC(=O)C1CCN(C(=O)Nc2ccc(-n3c(-c4cccnc4N)nc4ccc(-c5ccccc5)nc43)cc2F)CC1. The molecule has 1 aliphatic rings. The van der Waals surface area contributed by atoms with Gasteiger partial charge in [-0.05, 0) is 49.2 Å². The molecule has 1 aliphatic heterocycles. The van der Waals surface area contributed by atoms with Gasteiger partial charge in [0.2, 0.25) is 0 Å². The van der Waals surface area contributed by atoms with Crippen molar-refractivity contribution < 1.29 is 18.7 Å². The number of carbonyl (C=O) groups excluding carboxylic acids is 2. The van der Waals surface area contributed by atoms with Crippen molar-refractivity contribution in [1.82, 2.24) is 24.4 Å². The third kappa shape index (κ3) is 5.12. The molecule has 2 aromatic carbocycles. The van der Waals surface area contributed by atoms with Gasteiger partial charge < -0.3 is 20.7 Å². The number of benzene rings is 2. The zero-order valence-electron chi connectivity index (χ0n) is 22.8. The molecular weight excluding hydrogens is 537 g/mol. The Morgan fingerprint density at radius 2 is 1.79 bits per heavy atom. The van der Waals surface area contributed by atoms with E-state index >= 15 is 4.39 Å². The second-order valence-electron chi connectivity index (χ2n) is 9.99. The summed E-state index contributed by atoms with van der Waals surface area (Å²) in [5.41, 5.74) is 10.0. The Hall–Kier alpha value is -5.32. The molecule has 42 heavy (non-hydrogen) atoms. The first-order chi connectivity index (χ1) is 20.4. The van der Waals surface area contributed by atoms with Gasteiger partial charge in [-0.1, -0.05) is 30.3 Å². The number of pyridine rings is 2. The van der Waals surface area contributed by atoms with Crippen LogP contribution in [0, 0.1) is 11.7 Å². The molecule has 0 spiro atoms. The number of amides is 2. The van der Waals surface area contributed by atoms with E-state index in [1.807, 2.05) is 42.5 Å². The van der Waals surface area contributed by atoms with Crippen LogP contribution in [0.25, 0.3) is 39.5 Å². The number of urea groups is 1. The van der Waals surface area contributed by atoms with Crippen LogP contribution in [0.2, 0.25) is 0 Å². The lowest BCUT2D eigenvalue weighted by Gasteiger charge is -2.30. The smallest absolute Gasteiger partial charge is 0.321 e. The van der Waals surface area contributed by atoms with Gasteiger partial charge in [-0.15, -0.1) is 0 Å². The van der Waals surface area contributed by atoms with E-state index in [0.29, 0.717) is 54.2 Å². The number of anilines is 2. The van der Waals surface area contributed by atoms with Crippen molar-refractivity contribution in [1.29, 1.82) is 0 Å². The molecule has 0 unspecified atom stereocenters. The number of nitrogens with one attached hydrogen (secondary N) is 1. The molecule has 10 nitrogen and oxygen atoms in total. The van der Waals surface area contributed by atoms with E-state index in [4.69, 9.17) is 20.4 Å². The van der Waals surface area contributed by atoms with Crippen LogP contribution in [-0.4, -0.2) is 56.6 Å². The van der Waals surface area contributed by atoms with Crippen LogP contribution in [0.4, 0.5) is 20.7 Å². The van der Waals surface area contributed by atoms with Crippen molar-refractivity contribution >= 4 is 34.7 Å². The topological polar surface area (TPSA) is 128 Å². The number of imidazole rings is 1. The van der Waals surface area contributed by atoms with E-state index in [-0.39, 0.29) is 23.4 Å². The molecule has 6 rings (SSSR count). The third-order valence-corrected chi connectivity index (χ3v) is 7.42. The number of hydrogen-bond acceptors (Lipinski definition) is 7. The van der Waals surface area contributed by atoms with Crippen LogP contribution in [0.15, 0.2) is 79.0 Å². The van der Waals surface area contributed by atoms with E-state index in [1.165, 1.54) is 19.2 Å². The Labute approximate surface area is 241 Å². The van der Waals surface area contributed by atoms with Crippen LogP contribution in [-0.2, 0) is 9.53 Å². The number of nitrogens with two attached hydrogens (primary N) is 1. The number of piperidine rings is 1. The number of nitrogen functional groups attached to an aromatic ring is 1. The number of halogens is 1. The summed E-state index contributed by atoms with van der Waals surface area (Å²) < 4.78 is 22.1. The van der Waals surface area contributed by atoms with Gasteiger partial charge in [0.1, 0.15) is 17.2 Å². The highest BCUT2D eigenvalue weighted by Crippen LogP contribution is 2.33. The molecule has 5 aromatic rings. The Morgan fingerprint density at radius 3 is 2.50 bits per heavy atom. The lowest BCUT2D eigenvalue weighted by Crippen LogP contribution is -2.42. The van der Waals surface area contributed by atoms with Crippen LogP contribution in [0.1, 0.15) is 12.8 Å². The first-order valence-corrected chi connectivity index (χ1v) is 13.5. The molecule has 3 N–H and O–H groups in total. The average molecular weight is 566 g/mol. The van der Waals surface area contributed by atoms with E-state index < -0.39 is 11.8 Å². The van der Waals surface area contributed by atoms with Gasteiger partial charge in [0.25, 0.3) is 0 Å². The lowest BCUT2D eigenvalue weighted by atomic mass is 9.97. The van der Waals surface area contributed by atoms with Gasteiger partial charge in [-0.3, -0.25) is 9.36 Å². The van der Waals surface area contributed by atoms with Crippen molar-refractivity contribution in [2.24, 2.45) is 5.92 Å². The zero-order valence-corrected chi connectivity index (χ0v) is 22.8. The number of aromatic nitrogens is 4. The van der Waals surface area contributed by atoms with E-state index in [0.717, 1.165) is 11.3 Å². The number of fused-ring (bicyclic) bond motifs is 1. The van der Waals surface area contributed by atoms with E-state index in [9.17, 15) is 9.59 Å². The maximum Gasteiger partial charge on any atom is 0.321 e. The summed E-state index contributed by atoms with van der Waals surface area (Å²) in [6, 6.07) is 21.1. The highest BCUT2D eigenvalue weighted by Gasteiger charge is 2.28. The Balaban J connectivity index is 1.35. The average Bonchev–Trinajstić information content (AvgIpc) is 3.41. The molecule has 0 bridgehead atoms. The summed E-state index contributed by atoms with van der Waals surface area (Å²) in [7, 11) is 1.35. The number of ether oxygens (including phenoxy) is 1. The number of nitrogens with zero attached hydrogens (tertiary/aromatic N) is 5. The maximum absolute atomic E-state index is 15.6. The van der Waals surface area contributed by atoms with Gasteiger partial charge in [0.15, 0.2) is 11.5 Å². The molecule has 11 heteroatoms. The van der Waals surface area contributed by atoms with Gasteiger partial charge in [-0.2, -0.15) is 0 Å². The second kappa shape index (κ2) is 11.3. The lowest BCUT2D eigenvalue weighted by molar-refractivity contribution is -0.146. The summed E-state index contributed by atoms with van der Waals surface area (Å²) in [4.78, 5) is 40.1. The molecule has 0 aliphatic carbocycles. The molecule has 4 heterocycles. The Bertz CT molecular complexity index is 1780. The Morgan fingerprint density at radius 1 is 1.00 bits per heavy atom. The zero-order chi connectivity index (χ0) is 29.2. The third-order valence-electron chi connectivity index (χ3n) is 7.42. The van der Waals surface area contributed by atoms with Crippen LogP contribution < -0.4 is 11.1 Å². The summed E-state index contributed by atoms with van der Waals surface area (Å²) in [6.45, 7) is 0.745. The molecule has 0 saturated carbocycles. The normalized spacial score (nSPS) is 13.7. The van der Waals surface area contributed by atoms with Crippen molar-refractivity contribution in [2.45, 2.75) is 12.8 Å². The predicted octanol–water partition coefficient (Wildman–Crippen LogP) is 5.29. The number of hydrogen-bond donors (Lipinski definition) is 2. The van der Waals surface area contributed by atoms with Gasteiger partial charge >= 0.3 is 12.0 Å². The summed E-state index contributed by atoms with van der Waals surface area (Å²) in [5.74, 6) is -0.409. The largest absolute Gasteiger partial charge is 0.469 e. The standard InChI is InChI=1S/C31H28FN7O3/c1-42-30(40)20-13-16-38(17-14-20)31(41)37-25-10-9-21(18-23(25)32)39-28(22-8-5-15-34-27(22)33)36-26-12-11-24(35-29(26)39)19-6-3-2-4-7-19/h2-12,15,18,20H,13-14,16-17H2,1H3,(H2,33,34)(H,37,41). The number of rotatable bonds is 5. The van der Waals surface area contributed by atoms with Crippen molar-refractivity contribution in [3.8, 4) is 28.3 Å². The summed E-state index contributed by atoms with van der Waals surface area (Å²) >= 11 is 0. The molecule has 2 amide bonds. The molecule has 1 saturated heterocycles. The number of esters is 1. The number of methoxy groups -OCH3 is 1. The first-order valence-electron chi connectivity index (χ1n) is 13.5. The first kappa shape index (κ1) is 26.9. The fraction of sp³-hybridized carbons (Fsp3) is 0.194. The van der Waals surface area contributed by atoms with Crippen LogP contribution in [0.5, 0.6) is 0 Å². The van der Waals surface area contributed by atoms with E-state index in [1.54, 1.807) is 33.9 Å². The summed E-state index contributed by atoms with van der Waals surface area (Å²) in [6.07, 6.45) is 2.58. The van der Waals surface area contributed by atoms with Crippen molar-refractivity contribution in [3.05, 3.63) is 84.8 Å². The highest BCUT2D eigenvalue weighted by molar-refractivity contribution is 5.90. The molecule has 1 fully saturated rings. The molecule has 0 atom stereocenters. The van der Waals surface area contributed by atoms with Crippen LogP contribution in [0.3, 0.4) is 0 Å². The monoisotopic (exact) mass is 565 g/mol. The fourth-order valence-electron chi connectivity index (χ4n) is 5.18. The minimum atomic E-state index is -0.628. The minimum absolute atomic E-state index is 0.0311. The molecule has 0 radical (unpaired) electrons. The Kier molecular flexibility index (Phi) is 7.22. The van der Waals surface area contributed by atoms with Gasteiger partial charge in [0.05, 0.1) is 35.7 Å². The van der Waals surface area contributed by atoms with Crippen LogP contribution >= 0.6 is 0 Å². The number of carbonyl (C=O) groups is 2. The molecule has 3 aromatic heterocycles.